The molecule has 2 N–H and O–H groups in total. The van der Waals surface area contributed by atoms with Gasteiger partial charge in [0, 0.05) is 12.6 Å². The number of morpholine rings is 1. The molecule has 0 aromatic heterocycles. The van der Waals surface area contributed by atoms with Crippen LogP contribution in [0.25, 0.3) is 0 Å². The Kier molecular flexibility index (Phi) is 5.07. The second-order valence-electron chi connectivity index (χ2n) is 5.15. The van der Waals surface area contributed by atoms with E-state index >= 15 is 0 Å². The summed E-state index contributed by atoms with van der Waals surface area (Å²) in [5.41, 5.74) is 5.50. The second-order valence-corrected chi connectivity index (χ2v) is 5.15. The molecule has 0 bridgehead atoms. The third kappa shape index (κ3) is 3.19. The smallest absolute Gasteiger partial charge is 0.0730 e. The van der Waals surface area contributed by atoms with Crippen LogP contribution < -0.4 is 5.73 Å². The summed E-state index contributed by atoms with van der Waals surface area (Å²) < 4.78 is 5.82. The molecule has 0 radical (unpaired) electrons. The van der Waals surface area contributed by atoms with Crippen LogP contribution in [0.4, 0.5) is 0 Å². The number of unbranched alkanes of at least 4 members (excludes halogenated alkanes) is 3. The zero-order valence-electron chi connectivity index (χ0n) is 10.4. The van der Waals surface area contributed by atoms with E-state index in [0.29, 0.717) is 6.10 Å². The van der Waals surface area contributed by atoms with Crippen molar-refractivity contribution in [3.63, 3.8) is 0 Å². The molecule has 0 spiro atoms. The first-order valence-corrected chi connectivity index (χ1v) is 6.97. The Labute approximate surface area is 99.3 Å². The highest BCUT2D eigenvalue weighted by Crippen LogP contribution is 2.29. The summed E-state index contributed by atoms with van der Waals surface area (Å²) in [4.78, 5) is 2.67. The Balaban J connectivity index is 1.64. The van der Waals surface area contributed by atoms with Crippen molar-refractivity contribution in [2.45, 2.75) is 57.1 Å². The van der Waals surface area contributed by atoms with Crippen molar-refractivity contribution >= 4 is 0 Å². The van der Waals surface area contributed by atoms with Crippen molar-refractivity contribution in [3.05, 3.63) is 0 Å². The van der Waals surface area contributed by atoms with Gasteiger partial charge in [0.2, 0.25) is 0 Å². The Bertz CT molecular complexity index is 198. The molecule has 1 aliphatic carbocycles. The molecule has 0 aromatic carbocycles. The summed E-state index contributed by atoms with van der Waals surface area (Å²) in [6.45, 7) is 4.22. The predicted octanol–water partition coefficient (Wildman–Crippen LogP) is 1.76. The lowest BCUT2D eigenvalue weighted by molar-refractivity contribution is -0.0558. The maximum absolute atomic E-state index is 5.82. The molecule has 2 fully saturated rings. The Morgan fingerprint density at radius 3 is 2.88 bits per heavy atom. The molecular weight excluding hydrogens is 200 g/mol. The summed E-state index contributed by atoms with van der Waals surface area (Å²) in [5, 5.41) is 0. The number of hydrogen-bond donors (Lipinski definition) is 1. The second kappa shape index (κ2) is 6.58. The van der Waals surface area contributed by atoms with Crippen LogP contribution >= 0.6 is 0 Å². The highest BCUT2D eigenvalue weighted by molar-refractivity contribution is 4.89. The number of nitrogens with two attached hydrogens (primary N) is 1. The third-order valence-corrected chi connectivity index (χ3v) is 4.00. The van der Waals surface area contributed by atoms with E-state index in [2.05, 4.69) is 4.90 Å². The van der Waals surface area contributed by atoms with Gasteiger partial charge < -0.3 is 10.5 Å². The maximum Gasteiger partial charge on any atom is 0.0730 e. The van der Waals surface area contributed by atoms with Gasteiger partial charge in [-0.3, -0.25) is 4.90 Å². The van der Waals surface area contributed by atoms with Gasteiger partial charge >= 0.3 is 0 Å². The number of fused-ring (bicyclic) bond motifs is 1. The van der Waals surface area contributed by atoms with Crippen LogP contribution in [0.15, 0.2) is 0 Å². The lowest BCUT2D eigenvalue weighted by atomic mass is 10.1. The van der Waals surface area contributed by atoms with Crippen molar-refractivity contribution in [3.8, 4) is 0 Å². The van der Waals surface area contributed by atoms with Gasteiger partial charge in [-0.25, -0.2) is 0 Å². The largest absolute Gasteiger partial charge is 0.375 e. The van der Waals surface area contributed by atoms with E-state index < -0.39 is 0 Å². The molecule has 0 aromatic rings. The Morgan fingerprint density at radius 1 is 1.12 bits per heavy atom. The zero-order valence-corrected chi connectivity index (χ0v) is 10.4. The van der Waals surface area contributed by atoms with Crippen LogP contribution in [-0.2, 0) is 4.74 Å². The van der Waals surface area contributed by atoms with E-state index in [0.717, 1.165) is 25.7 Å². The molecule has 3 nitrogen and oxygen atoms in total. The molecular formula is C13H26N2O. The summed E-state index contributed by atoms with van der Waals surface area (Å²) >= 11 is 0. The average Bonchev–Trinajstić information content (AvgIpc) is 2.77. The lowest BCUT2D eigenvalue weighted by Gasteiger charge is -2.37. The number of rotatable bonds is 6. The number of hydrogen-bond acceptors (Lipinski definition) is 3. The van der Waals surface area contributed by atoms with Crippen LogP contribution in [-0.4, -0.2) is 43.3 Å². The van der Waals surface area contributed by atoms with Crippen LogP contribution in [0, 0.1) is 0 Å². The molecule has 2 unspecified atom stereocenters. The number of nitrogens with zero attached hydrogens (tertiary/aromatic N) is 1. The van der Waals surface area contributed by atoms with Gasteiger partial charge in [0.05, 0.1) is 12.7 Å². The molecule has 0 amide bonds. The maximum atomic E-state index is 5.82. The standard InChI is InChI=1S/C13H26N2O/c14-8-3-1-2-4-9-15-10-11-16-13-7-5-6-12(13)15/h12-13H,1-11,14H2. The van der Waals surface area contributed by atoms with Crippen LogP contribution in [0.3, 0.4) is 0 Å². The lowest BCUT2D eigenvalue weighted by Crippen LogP contribution is -2.48. The fraction of sp³-hybridized carbons (Fsp3) is 1.00. The molecule has 2 rings (SSSR count). The van der Waals surface area contributed by atoms with E-state index in [1.807, 2.05) is 0 Å². The SMILES string of the molecule is NCCCCCCN1CCOC2CCCC21. The van der Waals surface area contributed by atoms with Gasteiger partial charge in [-0.15, -0.1) is 0 Å². The molecule has 2 atom stereocenters. The molecule has 94 valence electrons. The molecule has 1 saturated carbocycles. The minimum absolute atomic E-state index is 0.554. The van der Waals surface area contributed by atoms with E-state index in [-0.39, 0.29) is 0 Å². The van der Waals surface area contributed by atoms with Gasteiger partial charge in [0.15, 0.2) is 0 Å². The Morgan fingerprint density at radius 2 is 2.00 bits per heavy atom. The van der Waals surface area contributed by atoms with Crippen LogP contribution in [0.1, 0.15) is 44.9 Å². The van der Waals surface area contributed by atoms with E-state index in [1.165, 1.54) is 51.5 Å². The zero-order chi connectivity index (χ0) is 11.2. The molecule has 1 heterocycles. The van der Waals surface area contributed by atoms with Gasteiger partial charge in [-0.2, -0.15) is 0 Å². The Hall–Kier alpha value is -0.120. The summed E-state index contributed by atoms with van der Waals surface area (Å²) in [6, 6.07) is 0.739. The van der Waals surface area contributed by atoms with E-state index in [9.17, 15) is 0 Å². The molecule has 1 aliphatic heterocycles. The number of ether oxygens (including phenoxy) is 1. The van der Waals surface area contributed by atoms with Crippen molar-refractivity contribution < 1.29 is 4.74 Å². The van der Waals surface area contributed by atoms with Gasteiger partial charge in [0.25, 0.3) is 0 Å². The first-order chi connectivity index (χ1) is 7.92. The minimum atomic E-state index is 0.554. The normalized spacial score (nSPS) is 30.6. The van der Waals surface area contributed by atoms with E-state index in [4.69, 9.17) is 10.5 Å². The van der Waals surface area contributed by atoms with Gasteiger partial charge in [-0.05, 0) is 45.2 Å². The van der Waals surface area contributed by atoms with Crippen molar-refractivity contribution in [1.82, 2.24) is 4.90 Å². The van der Waals surface area contributed by atoms with Crippen LogP contribution in [0.5, 0.6) is 0 Å². The third-order valence-electron chi connectivity index (χ3n) is 4.00. The molecule has 16 heavy (non-hydrogen) atoms. The highest BCUT2D eigenvalue weighted by atomic mass is 16.5. The minimum Gasteiger partial charge on any atom is -0.375 e. The van der Waals surface area contributed by atoms with Gasteiger partial charge in [0.1, 0.15) is 0 Å². The topological polar surface area (TPSA) is 38.5 Å². The summed E-state index contributed by atoms with van der Waals surface area (Å²) in [6.07, 6.45) is 9.72. The fourth-order valence-electron chi connectivity index (χ4n) is 3.10. The predicted molar refractivity (Wildman–Crippen MR) is 66.5 cm³/mol. The highest BCUT2D eigenvalue weighted by Gasteiger charge is 2.35. The summed E-state index contributed by atoms with van der Waals surface area (Å²) in [7, 11) is 0. The first-order valence-electron chi connectivity index (χ1n) is 6.97. The van der Waals surface area contributed by atoms with Crippen molar-refractivity contribution in [2.75, 3.05) is 26.2 Å². The molecule has 3 heteroatoms. The first kappa shape index (κ1) is 12.3. The summed E-state index contributed by atoms with van der Waals surface area (Å²) in [5.74, 6) is 0. The van der Waals surface area contributed by atoms with Gasteiger partial charge in [-0.1, -0.05) is 12.8 Å². The molecule has 2 aliphatic rings. The monoisotopic (exact) mass is 226 g/mol. The van der Waals surface area contributed by atoms with Crippen LogP contribution in [0.2, 0.25) is 0 Å². The fourth-order valence-corrected chi connectivity index (χ4v) is 3.10. The van der Waals surface area contributed by atoms with Crippen molar-refractivity contribution in [1.29, 1.82) is 0 Å². The average molecular weight is 226 g/mol. The molecule has 1 saturated heterocycles. The quantitative estimate of drug-likeness (QED) is 0.701. The van der Waals surface area contributed by atoms with E-state index in [1.54, 1.807) is 0 Å². The van der Waals surface area contributed by atoms with Crippen molar-refractivity contribution in [2.24, 2.45) is 5.73 Å².